The van der Waals surface area contributed by atoms with Gasteiger partial charge < -0.3 is 5.32 Å². The van der Waals surface area contributed by atoms with E-state index in [9.17, 15) is 18.0 Å². The molecule has 1 saturated heterocycles. The number of sulfonamides is 1. The van der Waals surface area contributed by atoms with Crippen molar-refractivity contribution < 1.29 is 18.0 Å². The average Bonchev–Trinajstić information content (AvgIpc) is 2.98. The molecule has 2 aromatic rings. The second-order valence-electron chi connectivity index (χ2n) is 6.71. The zero-order valence-electron chi connectivity index (χ0n) is 16.6. The van der Waals surface area contributed by atoms with E-state index in [0.717, 1.165) is 21.8 Å². The van der Waals surface area contributed by atoms with Crippen LogP contribution >= 0.6 is 27.7 Å². The van der Waals surface area contributed by atoms with Gasteiger partial charge in [-0.15, -0.1) is 11.0 Å². The van der Waals surface area contributed by atoms with Crippen LogP contribution < -0.4 is 5.32 Å². The number of nitrogens with one attached hydrogen (secondary N) is 1. The lowest BCUT2D eigenvalue weighted by molar-refractivity contribution is -0.127. The van der Waals surface area contributed by atoms with Crippen molar-refractivity contribution in [1.29, 1.82) is 0 Å². The van der Waals surface area contributed by atoms with Gasteiger partial charge in [0.2, 0.25) is 11.8 Å². The zero-order valence-corrected chi connectivity index (χ0v) is 19.8. The lowest BCUT2D eigenvalue weighted by atomic mass is 10.2. The highest BCUT2D eigenvalue weighted by atomic mass is 79.9. The number of anilines is 1. The molecule has 0 saturated carbocycles. The Morgan fingerprint density at radius 1 is 1.26 bits per heavy atom. The summed E-state index contributed by atoms with van der Waals surface area (Å²) >= 11 is 4.22. The molecule has 1 N–H and O–H groups in total. The highest BCUT2D eigenvalue weighted by molar-refractivity contribution is 9.10. The van der Waals surface area contributed by atoms with Crippen LogP contribution in [0.15, 0.2) is 75.0 Å². The highest BCUT2D eigenvalue weighted by Gasteiger charge is 2.39. The van der Waals surface area contributed by atoms with Crippen molar-refractivity contribution in [3.05, 3.63) is 71.2 Å². The first-order chi connectivity index (χ1) is 14.7. The summed E-state index contributed by atoms with van der Waals surface area (Å²) in [6.45, 7) is 5.58. The third-order valence-corrected chi connectivity index (χ3v) is 7.53. The van der Waals surface area contributed by atoms with Crippen LogP contribution in [0.3, 0.4) is 0 Å². The van der Waals surface area contributed by atoms with Crippen molar-refractivity contribution in [2.45, 2.75) is 23.5 Å². The first-order valence-corrected chi connectivity index (χ1v) is 12.4. The Kier molecular flexibility index (Phi) is 7.34. The number of hydrogen-bond donors (Lipinski definition) is 1. The van der Waals surface area contributed by atoms with E-state index in [1.54, 1.807) is 18.2 Å². The Morgan fingerprint density at radius 3 is 2.58 bits per heavy atom. The normalized spacial score (nSPS) is 17.7. The van der Waals surface area contributed by atoms with Crippen molar-refractivity contribution in [2.24, 2.45) is 4.40 Å². The summed E-state index contributed by atoms with van der Waals surface area (Å²) in [5.41, 5.74) is 1.56. The number of halogens is 1. The molecule has 0 radical (unpaired) electrons. The van der Waals surface area contributed by atoms with Crippen molar-refractivity contribution in [3.63, 3.8) is 0 Å². The number of carbonyl (C=O) groups excluding carboxylic acids is 2. The van der Waals surface area contributed by atoms with Gasteiger partial charge in [0.25, 0.3) is 10.0 Å². The molecule has 162 valence electrons. The van der Waals surface area contributed by atoms with E-state index in [0.29, 0.717) is 5.69 Å². The SMILES string of the molecule is C=CCN1C(=O)[C@H](CC(=O)Nc2ccccc2C)SC1=NS(=O)(=O)c1ccc(Br)cc1. The summed E-state index contributed by atoms with van der Waals surface area (Å²) in [6, 6.07) is 13.4. The smallest absolute Gasteiger partial charge is 0.284 e. The fourth-order valence-corrected chi connectivity index (χ4v) is 5.48. The minimum absolute atomic E-state index is 0.00977. The van der Waals surface area contributed by atoms with E-state index < -0.39 is 15.3 Å². The van der Waals surface area contributed by atoms with Gasteiger partial charge in [0.15, 0.2) is 5.17 Å². The average molecular weight is 522 g/mol. The highest BCUT2D eigenvalue weighted by Crippen LogP contribution is 2.31. The second-order valence-corrected chi connectivity index (χ2v) is 10.4. The first kappa shape index (κ1) is 23.2. The molecule has 31 heavy (non-hydrogen) atoms. The van der Waals surface area contributed by atoms with Crippen LogP contribution in [-0.4, -0.2) is 42.1 Å². The number of rotatable bonds is 7. The monoisotopic (exact) mass is 521 g/mol. The predicted molar refractivity (Wildman–Crippen MR) is 126 cm³/mol. The minimum atomic E-state index is -4.02. The van der Waals surface area contributed by atoms with Crippen LogP contribution in [0, 0.1) is 6.92 Å². The predicted octanol–water partition coefficient (Wildman–Crippen LogP) is 3.96. The van der Waals surface area contributed by atoms with E-state index in [2.05, 4.69) is 32.2 Å². The molecule has 7 nitrogen and oxygen atoms in total. The van der Waals surface area contributed by atoms with E-state index in [-0.39, 0.29) is 34.8 Å². The van der Waals surface area contributed by atoms with Gasteiger partial charge in [-0.3, -0.25) is 14.5 Å². The summed E-state index contributed by atoms with van der Waals surface area (Å²) in [5, 5.41) is 2.05. The summed E-state index contributed by atoms with van der Waals surface area (Å²) in [4.78, 5) is 26.6. The molecule has 10 heteroatoms. The van der Waals surface area contributed by atoms with E-state index in [4.69, 9.17) is 0 Å². The Hall–Kier alpha value is -2.43. The number of hydrogen-bond acceptors (Lipinski definition) is 5. The zero-order chi connectivity index (χ0) is 22.6. The largest absolute Gasteiger partial charge is 0.326 e. The maximum atomic E-state index is 12.8. The third-order valence-electron chi connectivity index (χ3n) is 4.43. The van der Waals surface area contributed by atoms with Crippen LogP contribution in [-0.2, 0) is 19.6 Å². The summed E-state index contributed by atoms with van der Waals surface area (Å²) in [5.74, 6) is -0.717. The molecule has 1 aliphatic rings. The molecular formula is C21H20BrN3O4S2. The van der Waals surface area contributed by atoms with E-state index in [1.165, 1.54) is 23.1 Å². The molecule has 0 bridgehead atoms. The van der Waals surface area contributed by atoms with Crippen LogP contribution in [0.4, 0.5) is 5.69 Å². The Labute approximate surface area is 193 Å². The molecule has 1 atom stereocenters. The van der Waals surface area contributed by atoms with Gasteiger partial charge in [-0.1, -0.05) is 52.0 Å². The quantitative estimate of drug-likeness (QED) is 0.556. The fraction of sp³-hybridized carbons (Fsp3) is 0.190. The third kappa shape index (κ3) is 5.63. The van der Waals surface area contributed by atoms with Crippen molar-refractivity contribution in [3.8, 4) is 0 Å². The molecule has 1 aliphatic heterocycles. The topological polar surface area (TPSA) is 95.9 Å². The summed E-state index contributed by atoms with van der Waals surface area (Å²) in [7, 11) is -4.02. The summed E-state index contributed by atoms with van der Waals surface area (Å²) in [6.07, 6.45) is 1.37. The van der Waals surface area contributed by atoms with E-state index >= 15 is 0 Å². The maximum absolute atomic E-state index is 12.8. The molecular weight excluding hydrogens is 502 g/mol. The molecule has 1 heterocycles. The minimum Gasteiger partial charge on any atom is -0.326 e. The lowest BCUT2D eigenvalue weighted by Gasteiger charge is -2.14. The number of carbonyl (C=O) groups is 2. The van der Waals surface area contributed by atoms with Gasteiger partial charge in [0, 0.05) is 23.1 Å². The Morgan fingerprint density at radius 2 is 1.94 bits per heavy atom. The Bertz CT molecular complexity index is 1150. The van der Waals surface area contributed by atoms with Gasteiger partial charge in [-0.25, -0.2) is 0 Å². The molecule has 1 fully saturated rings. The fourth-order valence-electron chi connectivity index (χ4n) is 2.85. The van der Waals surface area contributed by atoms with Crippen molar-refractivity contribution >= 4 is 60.4 Å². The number of benzene rings is 2. The number of thioether (sulfide) groups is 1. The molecule has 2 aromatic carbocycles. The molecule has 0 aromatic heterocycles. The van der Waals surface area contributed by atoms with Crippen LogP contribution in [0.25, 0.3) is 0 Å². The molecule has 3 rings (SSSR count). The number of para-hydroxylation sites is 1. The van der Waals surface area contributed by atoms with Crippen LogP contribution in [0.1, 0.15) is 12.0 Å². The van der Waals surface area contributed by atoms with Gasteiger partial charge in [0.05, 0.1) is 4.90 Å². The first-order valence-electron chi connectivity index (χ1n) is 9.26. The van der Waals surface area contributed by atoms with Crippen LogP contribution in [0.2, 0.25) is 0 Å². The van der Waals surface area contributed by atoms with Gasteiger partial charge in [0.1, 0.15) is 5.25 Å². The number of amides is 2. The summed E-state index contributed by atoms with van der Waals surface area (Å²) < 4.78 is 30.0. The molecule has 0 spiro atoms. The van der Waals surface area contributed by atoms with Crippen molar-refractivity contribution in [2.75, 3.05) is 11.9 Å². The molecule has 2 amide bonds. The Balaban J connectivity index is 1.80. The van der Waals surface area contributed by atoms with Crippen LogP contribution in [0.5, 0.6) is 0 Å². The second kappa shape index (κ2) is 9.80. The lowest BCUT2D eigenvalue weighted by Crippen LogP contribution is -2.34. The molecule has 0 aliphatic carbocycles. The van der Waals surface area contributed by atoms with Gasteiger partial charge >= 0.3 is 0 Å². The number of aryl methyl sites for hydroxylation is 1. The number of nitrogens with zero attached hydrogens (tertiary/aromatic N) is 2. The standard InChI is InChI=1S/C21H20BrN3O4S2/c1-3-12-25-20(27)18(13-19(26)23-17-7-5-4-6-14(17)2)30-21(25)24-31(28,29)16-10-8-15(22)9-11-16/h3-11,18H,1,12-13H2,2H3,(H,23,26)/t18-/m0/s1. The molecule has 0 unspecified atom stereocenters. The van der Waals surface area contributed by atoms with Crippen molar-refractivity contribution in [1.82, 2.24) is 4.90 Å². The number of amidine groups is 1. The van der Waals surface area contributed by atoms with Gasteiger partial charge in [-0.2, -0.15) is 8.42 Å². The van der Waals surface area contributed by atoms with E-state index in [1.807, 2.05) is 25.1 Å². The van der Waals surface area contributed by atoms with Gasteiger partial charge in [-0.05, 0) is 42.8 Å². The maximum Gasteiger partial charge on any atom is 0.284 e.